The molecule has 2 aromatic rings. The number of carbonyl (C=O) groups excluding carboxylic acids is 1. The highest BCUT2D eigenvalue weighted by atomic mass is 79.9. The van der Waals surface area contributed by atoms with E-state index < -0.39 is 5.97 Å². The molecular formula is C17H17BrO4. The molecule has 0 fully saturated rings. The number of carbonyl (C=O) groups is 1. The predicted molar refractivity (Wildman–Crippen MR) is 87.7 cm³/mol. The average molecular weight is 365 g/mol. The first kappa shape index (κ1) is 16.4. The molecule has 0 unspecified atom stereocenters. The van der Waals surface area contributed by atoms with Gasteiger partial charge in [-0.3, -0.25) is 0 Å². The number of hydrogen-bond donors (Lipinski definition) is 0. The summed E-state index contributed by atoms with van der Waals surface area (Å²) in [4.78, 5) is 11.9. The van der Waals surface area contributed by atoms with Crippen molar-refractivity contribution < 1.29 is 19.0 Å². The van der Waals surface area contributed by atoms with Crippen LogP contribution in [0, 0.1) is 13.8 Å². The third-order valence-electron chi connectivity index (χ3n) is 3.05. The van der Waals surface area contributed by atoms with Crippen molar-refractivity contribution in [1.82, 2.24) is 0 Å². The highest BCUT2D eigenvalue weighted by Gasteiger charge is 2.12. The van der Waals surface area contributed by atoms with E-state index in [4.69, 9.17) is 14.2 Å². The topological polar surface area (TPSA) is 44.8 Å². The molecule has 0 heterocycles. The van der Waals surface area contributed by atoms with Crippen LogP contribution in [0.5, 0.6) is 17.2 Å². The molecule has 0 radical (unpaired) electrons. The first-order valence-electron chi connectivity index (χ1n) is 6.74. The van der Waals surface area contributed by atoms with E-state index in [1.807, 2.05) is 26.0 Å². The summed E-state index contributed by atoms with van der Waals surface area (Å²) in [6.45, 7) is 3.69. The largest absolute Gasteiger partial charge is 0.493 e. The molecule has 0 saturated heterocycles. The third kappa shape index (κ3) is 4.01. The molecular weight excluding hydrogens is 348 g/mol. The van der Waals surface area contributed by atoms with Crippen LogP contribution in [0.25, 0.3) is 0 Å². The van der Waals surface area contributed by atoms with E-state index in [0.29, 0.717) is 17.2 Å². The summed E-state index contributed by atoms with van der Waals surface area (Å²) >= 11 is 3.43. The SMILES string of the molecule is COc1ccccc1OC(=O)COc1c(C)cc(Br)cc1C. The van der Waals surface area contributed by atoms with E-state index in [1.165, 1.54) is 7.11 Å². The Morgan fingerprint density at radius 2 is 1.68 bits per heavy atom. The molecule has 4 nitrogen and oxygen atoms in total. The van der Waals surface area contributed by atoms with Gasteiger partial charge in [0.15, 0.2) is 18.1 Å². The van der Waals surface area contributed by atoms with Crippen molar-refractivity contribution in [3.05, 3.63) is 52.0 Å². The molecule has 22 heavy (non-hydrogen) atoms. The fourth-order valence-electron chi connectivity index (χ4n) is 2.11. The molecule has 0 aliphatic carbocycles. The van der Waals surface area contributed by atoms with Gasteiger partial charge in [-0.25, -0.2) is 4.79 Å². The first-order valence-corrected chi connectivity index (χ1v) is 7.54. The lowest BCUT2D eigenvalue weighted by Crippen LogP contribution is -2.18. The first-order chi connectivity index (χ1) is 10.5. The zero-order valence-electron chi connectivity index (χ0n) is 12.7. The Kier molecular flexibility index (Phi) is 5.44. The Balaban J connectivity index is 2.02. The van der Waals surface area contributed by atoms with E-state index in [0.717, 1.165) is 15.6 Å². The summed E-state index contributed by atoms with van der Waals surface area (Å²) in [5, 5.41) is 0. The average Bonchev–Trinajstić information content (AvgIpc) is 2.46. The number of para-hydroxylation sites is 2. The Morgan fingerprint density at radius 1 is 1.09 bits per heavy atom. The Bertz CT molecular complexity index is 659. The second kappa shape index (κ2) is 7.31. The minimum absolute atomic E-state index is 0.165. The van der Waals surface area contributed by atoms with Gasteiger partial charge in [-0.1, -0.05) is 28.1 Å². The van der Waals surface area contributed by atoms with Gasteiger partial charge in [-0.15, -0.1) is 0 Å². The number of methoxy groups -OCH3 is 1. The normalized spacial score (nSPS) is 10.2. The molecule has 2 rings (SSSR count). The zero-order valence-corrected chi connectivity index (χ0v) is 14.3. The van der Waals surface area contributed by atoms with Crippen LogP contribution >= 0.6 is 15.9 Å². The zero-order chi connectivity index (χ0) is 16.1. The minimum atomic E-state index is -0.480. The summed E-state index contributed by atoms with van der Waals surface area (Å²) in [7, 11) is 1.53. The summed E-state index contributed by atoms with van der Waals surface area (Å²) < 4.78 is 17.0. The van der Waals surface area contributed by atoms with Crippen molar-refractivity contribution in [2.24, 2.45) is 0 Å². The maximum Gasteiger partial charge on any atom is 0.349 e. The molecule has 116 valence electrons. The van der Waals surface area contributed by atoms with Gasteiger partial charge in [0.25, 0.3) is 0 Å². The minimum Gasteiger partial charge on any atom is -0.493 e. The lowest BCUT2D eigenvalue weighted by atomic mass is 10.1. The van der Waals surface area contributed by atoms with E-state index in [2.05, 4.69) is 15.9 Å². The second-order valence-electron chi connectivity index (χ2n) is 4.78. The van der Waals surface area contributed by atoms with Crippen molar-refractivity contribution >= 4 is 21.9 Å². The molecule has 0 spiro atoms. The Morgan fingerprint density at radius 3 is 2.27 bits per heavy atom. The molecule has 0 aliphatic rings. The van der Waals surface area contributed by atoms with Gasteiger partial charge in [0.2, 0.25) is 0 Å². The van der Waals surface area contributed by atoms with Crippen LogP contribution in [-0.4, -0.2) is 19.7 Å². The van der Waals surface area contributed by atoms with E-state index in [1.54, 1.807) is 24.3 Å². The Hall–Kier alpha value is -2.01. The number of halogens is 1. The summed E-state index contributed by atoms with van der Waals surface area (Å²) in [5.74, 6) is 1.10. The van der Waals surface area contributed by atoms with Crippen LogP contribution in [-0.2, 0) is 4.79 Å². The van der Waals surface area contributed by atoms with E-state index in [-0.39, 0.29) is 6.61 Å². The summed E-state index contributed by atoms with van der Waals surface area (Å²) in [5.41, 5.74) is 1.91. The Labute approximate surface area is 138 Å². The number of esters is 1. The summed E-state index contributed by atoms with van der Waals surface area (Å²) in [6.07, 6.45) is 0. The number of hydrogen-bond acceptors (Lipinski definition) is 4. The molecule has 0 N–H and O–H groups in total. The van der Waals surface area contributed by atoms with Crippen molar-refractivity contribution in [2.45, 2.75) is 13.8 Å². The van der Waals surface area contributed by atoms with Crippen LogP contribution < -0.4 is 14.2 Å². The lowest BCUT2D eigenvalue weighted by Gasteiger charge is -2.13. The van der Waals surface area contributed by atoms with Gasteiger partial charge >= 0.3 is 5.97 Å². The van der Waals surface area contributed by atoms with Crippen molar-refractivity contribution in [3.63, 3.8) is 0 Å². The van der Waals surface area contributed by atoms with Gasteiger partial charge in [0.1, 0.15) is 5.75 Å². The maximum absolute atomic E-state index is 11.9. The van der Waals surface area contributed by atoms with Crippen molar-refractivity contribution in [1.29, 1.82) is 0 Å². The quantitative estimate of drug-likeness (QED) is 0.592. The molecule has 0 aliphatic heterocycles. The van der Waals surface area contributed by atoms with Crippen LogP contribution in [0.3, 0.4) is 0 Å². The fourth-order valence-corrected chi connectivity index (χ4v) is 2.80. The second-order valence-corrected chi connectivity index (χ2v) is 5.70. The molecule has 0 aromatic heterocycles. The molecule has 0 bridgehead atoms. The van der Waals surface area contributed by atoms with Gasteiger partial charge in [0.05, 0.1) is 7.11 Å². The number of aryl methyl sites for hydroxylation is 2. The molecule has 5 heteroatoms. The molecule has 0 atom stereocenters. The smallest absolute Gasteiger partial charge is 0.349 e. The van der Waals surface area contributed by atoms with Crippen LogP contribution in [0.4, 0.5) is 0 Å². The maximum atomic E-state index is 11.9. The third-order valence-corrected chi connectivity index (χ3v) is 3.51. The van der Waals surface area contributed by atoms with Crippen LogP contribution in [0.2, 0.25) is 0 Å². The van der Waals surface area contributed by atoms with Gasteiger partial charge in [0, 0.05) is 4.47 Å². The van der Waals surface area contributed by atoms with Crippen LogP contribution in [0.1, 0.15) is 11.1 Å². The standard InChI is InChI=1S/C17H17BrO4/c1-11-8-13(18)9-12(2)17(11)21-10-16(19)22-15-7-5-4-6-14(15)20-3/h4-9H,10H2,1-3H3. The van der Waals surface area contributed by atoms with Gasteiger partial charge in [-0.2, -0.15) is 0 Å². The molecule has 2 aromatic carbocycles. The van der Waals surface area contributed by atoms with E-state index in [9.17, 15) is 4.79 Å². The van der Waals surface area contributed by atoms with Gasteiger partial charge < -0.3 is 14.2 Å². The number of benzene rings is 2. The van der Waals surface area contributed by atoms with Crippen molar-refractivity contribution in [3.8, 4) is 17.2 Å². The fraction of sp³-hybridized carbons (Fsp3) is 0.235. The van der Waals surface area contributed by atoms with Crippen molar-refractivity contribution in [2.75, 3.05) is 13.7 Å². The predicted octanol–water partition coefficient (Wildman–Crippen LogP) is 4.06. The lowest BCUT2D eigenvalue weighted by molar-refractivity contribution is -0.136. The van der Waals surface area contributed by atoms with E-state index >= 15 is 0 Å². The monoisotopic (exact) mass is 364 g/mol. The van der Waals surface area contributed by atoms with Gasteiger partial charge in [-0.05, 0) is 49.2 Å². The number of rotatable bonds is 5. The molecule has 0 saturated carbocycles. The number of ether oxygens (including phenoxy) is 3. The highest BCUT2D eigenvalue weighted by Crippen LogP contribution is 2.28. The molecule has 0 amide bonds. The summed E-state index contributed by atoms with van der Waals surface area (Å²) in [6, 6.07) is 10.9. The van der Waals surface area contributed by atoms with Crippen LogP contribution in [0.15, 0.2) is 40.9 Å². The highest BCUT2D eigenvalue weighted by molar-refractivity contribution is 9.10.